The molecule has 0 bridgehead atoms. The molecule has 0 aromatic rings. The summed E-state index contributed by atoms with van der Waals surface area (Å²) < 4.78 is 47.0. The topological polar surface area (TPSA) is 192 Å². The zero-order chi connectivity index (χ0) is 38.2. The van der Waals surface area contributed by atoms with E-state index < -0.39 is 98.1 Å². The molecule has 14 nitrogen and oxygen atoms in total. The van der Waals surface area contributed by atoms with Crippen LogP contribution in [0.3, 0.4) is 0 Å². The predicted octanol–water partition coefficient (Wildman–Crippen LogP) is 3.63. The van der Waals surface area contributed by atoms with Gasteiger partial charge in [-0.25, -0.2) is 0 Å². The van der Waals surface area contributed by atoms with E-state index in [1.165, 1.54) is 51.9 Å². The highest BCUT2D eigenvalue weighted by atomic mass is 16.8. The van der Waals surface area contributed by atoms with Crippen LogP contribution in [-0.4, -0.2) is 137 Å². The second-order valence-electron chi connectivity index (χ2n) is 14.8. The summed E-state index contributed by atoms with van der Waals surface area (Å²) in [6, 6.07) is 0. The summed E-state index contributed by atoms with van der Waals surface area (Å²) in [6.07, 6.45) is -2.39. The number of hydrogen-bond donors (Lipinski definition) is 5. The van der Waals surface area contributed by atoms with Gasteiger partial charge < -0.3 is 63.4 Å². The summed E-state index contributed by atoms with van der Waals surface area (Å²) in [4.78, 5) is 12.1. The summed E-state index contributed by atoms with van der Waals surface area (Å²) >= 11 is 0. The van der Waals surface area contributed by atoms with Crippen LogP contribution in [0, 0.1) is 0 Å². The lowest BCUT2D eigenvalue weighted by molar-refractivity contribution is -0.375. The van der Waals surface area contributed by atoms with Crippen molar-refractivity contribution in [3.05, 3.63) is 0 Å². The van der Waals surface area contributed by atoms with Crippen LogP contribution in [0.1, 0.15) is 131 Å². The van der Waals surface area contributed by atoms with Gasteiger partial charge in [-0.05, 0) is 33.6 Å². The SMILES string of the molecule is CCCCCCCCCCCCO[C@@H]1O[C@@H](C)[C@H](O[C@@H]2O[C@@H](C)[C@H](OC(C)=O)[C@@H](O[C@@H]3O[C@@H](C)[C@H](OCCCCCC)[C@@H](O)[C@H]3O)[C@H]2O)[C@@H](O)[C@H]1O. The summed E-state index contributed by atoms with van der Waals surface area (Å²) in [5, 5.41) is 55.4. The maximum absolute atomic E-state index is 12.1. The third-order valence-electron chi connectivity index (χ3n) is 10.3. The van der Waals surface area contributed by atoms with E-state index in [1.807, 2.05) is 0 Å². The normalized spacial score (nSPS) is 38.3. The van der Waals surface area contributed by atoms with Crippen LogP contribution in [0.25, 0.3) is 0 Å². The second-order valence-corrected chi connectivity index (χ2v) is 14.8. The smallest absolute Gasteiger partial charge is 0.303 e. The van der Waals surface area contributed by atoms with Crippen molar-refractivity contribution in [2.45, 2.75) is 224 Å². The van der Waals surface area contributed by atoms with Crippen LogP contribution >= 0.6 is 0 Å². The monoisotopic (exact) mass is 750 g/mol. The maximum atomic E-state index is 12.1. The van der Waals surface area contributed by atoms with Crippen LogP contribution < -0.4 is 0 Å². The predicted molar refractivity (Wildman–Crippen MR) is 190 cm³/mol. The van der Waals surface area contributed by atoms with Gasteiger partial charge in [0.15, 0.2) is 25.0 Å². The zero-order valence-electron chi connectivity index (χ0n) is 32.4. The molecule has 3 saturated heterocycles. The molecule has 0 saturated carbocycles. The van der Waals surface area contributed by atoms with Gasteiger partial charge in [0.1, 0.15) is 48.8 Å². The first-order chi connectivity index (χ1) is 24.9. The van der Waals surface area contributed by atoms with Crippen LogP contribution in [-0.2, 0) is 42.7 Å². The molecule has 15 atom stereocenters. The van der Waals surface area contributed by atoms with Crippen LogP contribution in [0.2, 0.25) is 0 Å². The number of rotatable bonds is 23. The van der Waals surface area contributed by atoms with E-state index in [-0.39, 0.29) is 0 Å². The highest BCUT2D eigenvalue weighted by Crippen LogP contribution is 2.34. The first-order valence-electron chi connectivity index (χ1n) is 20.0. The highest BCUT2D eigenvalue weighted by Gasteiger charge is 2.53. The molecule has 0 aromatic heterocycles. The molecule has 0 radical (unpaired) electrons. The van der Waals surface area contributed by atoms with Crippen molar-refractivity contribution < 1.29 is 68.2 Å². The molecule has 3 fully saturated rings. The Kier molecular flexibility index (Phi) is 20.8. The quantitative estimate of drug-likeness (QED) is 0.0751. The van der Waals surface area contributed by atoms with E-state index in [2.05, 4.69) is 13.8 Å². The van der Waals surface area contributed by atoms with Gasteiger partial charge >= 0.3 is 5.97 Å². The Hall–Kier alpha value is -1.01. The fourth-order valence-corrected chi connectivity index (χ4v) is 7.14. The van der Waals surface area contributed by atoms with Crippen LogP contribution in [0.15, 0.2) is 0 Å². The van der Waals surface area contributed by atoms with Gasteiger partial charge in [-0.15, -0.1) is 0 Å². The molecule has 5 N–H and O–H groups in total. The van der Waals surface area contributed by atoms with Gasteiger partial charge in [0.05, 0.1) is 18.3 Å². The molecular formula is C38H70O14. The van der Waals surface area contributed by atoms with Crippen molar-refractivity contribution in [2.24, 2.45) is 0 Å². The second kappa shape index (κ2) is 23.8. The molecular weight excluding hydrogens is 680 g/mol. The molecule has 0 aliphatic carbocycles. The molecule has 0 aromatic carbocycles. The third kappa shape index (κ3) is 13.6. The minimum atomic E-state index is -1.63. The van der Waals surface area contributed by atoms with Gasteiger partial charge in [-0.1, -0.05) is 90.9 Å². The Morgan fingerprint density at radius 3 is 1.46 bits per heavy atom. The lowest BCUT2D eigenvalue weighted by Crippen LogP contribution is -2.66. The highest BCUT2D eigenvalue weighted by molar-refractivity contribution is 5.66. The number of carbonyl (C=O) groups excluding carboxylic acids is 1. The lowest BCUT2D eigenvalue weighted by atomic mass is 9.96. The van der Waals surface area contributed by atoms with Crippen LogP contribution in [0.4, 0.5) is 0 Å². The van der Waals surface area contributed by atoms with E-state index in [1.54, 1.807) is 20.8 Å². The van der Waals surface area contributed by atoms with Gasteiger partial charge in [0, 0.05) is 20.1 Å². The number of ether oxygens (including phenoxy) is 8. The van der Waals surface area contributed by atoms with Crippen molar-refractivity contribution in [1.82, 2.24) is 0 Å². The minimum Gasteiger partial charge on any atom is -0.457 e. The number of aliphatic hydroxyl groups excluding tert-OH is 5. The van der Waals surface area contributed by atoms with E-state index in [0.717, 1.165) is 44.9 Å². The fourth-order valence-electron chi connectivity index (χ4n) is 7.14. The Balaban J connectivity index is 1.55. The van der Waals surface area contributed by atoms with E-state index in [4.69, 9.17) is 37.9 Å². The minimum absolute atomic E-state index is 0.371. The summed E-state index contributed by atoms with van der Waals surface area (Å²) in [6.45, 7) is 11.2. The number of esters is 1. The van der Waals surface area contributed by atoms with Gasteiger partial charge in [0.25, 0.3) is 0 Å². The average Bonchev–Trinajstić information content (AvgIpc) is 3.10. The molecule has 14 heteroatoms. The molecule has 0 unspecified atom stereocenters. The van der Waals surface area contributed by atoms with Gasteiger partial charge in [-0.2, -0.15) is 0 Å². The molecule has 0 amide bonds. The van der Waals surface area contributed by atoms with E-state index >= 15 is 0 Å². The number of carbonyl (C=O) groups is 1. The molecule has 306 valence electrons. The summed E-state index contributed by atoms with van der Waals surface area (Å²) in [5.41, 5.74) is 0. The van der Waals surface area contributed by atoms with Crippen molar-refractivity contribution in [1.29, 1.82) is 0 Å². The van der Waals surface area contributed by atoms with Gasteiger partial charge in [0.2, 0.25) is 0 Å². The third-order valence-corrected chi connectivity index (χ3v) is 10.3. The average molecular weight is 751 g/mol. The van der Waals surface area contributed by atoms with Crippen LogP contribution in [0.5, 0.6) is 0 Å². The Morgan fingerprint density at radius 1 is 0.481 bits per heavy atom. The van der Waals surface area contributed by atoms with E-state index in [0.29, 0.717) is 13.2 Å². The zero-order valence-corrected chi connectivity index (χ0v) is 32.4. The maximum Gasteiger partial charge on any atom is 0.303 e. The first-order valence-corrected chi connectivity index (χ1v) is 20.0. The molecule has 3 aliphatic heterocycles. The number of hydrogen-bond acceptors (Lipinski definition) is 14. The van der Waals surface area contributed by atoms with Gasteiger partial charge in [-0.3, -0.25) is 4.79 Å². The van der Waals surface area contributed by atoms with Crippen molar-refractivity contribution >= 4 is 5.97 Å². The Bertz CT molecular complexity index is 974. The fraction of sp³-hybridized carbons (Fsp3) is 0.974. The summed E-state index contributed by atoms with van der Waals surface area (Å²) in [7, 11) is 0. The van der Waals surface area contributed by atoms with E-state index in [9.17, 15) is 30.3 Å². The Morgan fingerprint density at radius 2 is 0.885 bits per heavy atom. The first kappa shape index (κ1) is 45.4. The molecule has 3 heterocycles. The molecule has 0 spiro atoms. The van der Waals surface area contributed by atoms with Crippen molar-refractivity contribution in [2.75, 3.05) is 13.2 Å². The standard InChI is InChI=1S/C38H70O14/c1-7-9-11-13-14-15-16-17-18-20-22-46-36-29(42)28(41)33(24(4)47-36)51-38-31(44)35(34(25(5)49-38)50-26(6)39)52-37-30(43)27(40)32(23(3)48-37)45-21-19-12-10-8-2/h23-25,27-38,40-44H,7-22H2,1-6H3/t23-,24-,25-,27-,28-,29+,30+,31+,32-,33-,34-,35-,36+,37-,38-/m0/s1. The molecule has 3 aliphatic rings. The number of unbranched alkanes of at least 4 members (excludes halogenated alkanes) is 12. The lowest BCUT2D eigenvalue weighted by Gasteiger charge is -2.48. The van der Waals surface area contributed by atoms with Crippen molar-refractivity contribution in [3.63, 3.8) is 0 Å². The molecule has 3 rings (SSSR count). The number of aliphatic hydroxyl groups is 5. The largest absolute Gasteiger partial charge is 0.457 e. The van der Waals surface area contributed by atoms with Crippen molar-refractivity contribution in [3.8, 4) is 0 Å². The Labute approximate surface area is 310 Å². The summed E-state index contributed by atoms with van der Waals surface area (Å²) in [5.74, 6) is -0.660. The molecule has 52 heavy (non-hydrogen) atoms.